The molecule has 150 valence electrons. The minimum Gasteiger partial charge on any atom is -0.444 e. The highest BCUT2D eigenvalue weighted by Crippen LogP contribution is 2.18. The molecule has 2 amide bonds. The number of nitrogens with one attached hydrogen (secondary N) is 1. The van der Waals surface area contributed by atoms with Crippen LogP contribution < -0.4 is 10.2 Å². The first-order valence-electron chi connectivity index (χ1n) is 9.11. The molecule has 0 unspecified atom stereocenters. The number of anilines is 1. The summed E-state index contributed by atoms with van der Waals surface area (Å²) < 4.78 is 5.27. The molecule has 0 spiro atoms. The van der Waals surface area contributed by atoms with E-state index in [2.05, 4.69) is 15.2 Å². The van der Waals surface area contributed by atoms with Crippen molar-refractivity contribution in [3.05, 3.63) is 23.4 Å². The van der Waals surface area contributed by atoms with Gasteiger partial charge in [-0.25, -0.2) is 9.78 Å². The third-order valence-corrected chi connectivity index (χ3v) is 4.32. The number of nitrogens with zero attached hydrogens (tertiary/aromatic N) is 3. The van der Waals surface area contributed by atoms with E-state index in [9.17, 15) is 9.59 Å². The molecule has 1 fully saturated rings. The lowest BCUT2D eigenvalue weighted by atomic mass is 10.00. The number of carbonyl (C=O) groups excluding carboxylic acids is 2. The first-order chi connectivity index (χ1) is 12.5. The Morgan fingerprint density at radius 1 is 1.15 bits per heavy atom. The molecule has 0 saturated carbocycles. The molecule has 0 radical (unpaired) electrons. The Kier molecular flexibility index (Phi) is 6.57. The van der Waals surface area contributed by atoms with Crippen LogP contribution in [-0.2, 0) is 9.53 Å². The monoisotopic (exact) mass is 396 g/mol. The second-order valence-corrected chi connectivity index (χ2v) is 8.83. The fraction of sp³-hybridized carbons (Fsp3) is 0.632. The molecule has 1 aromatic heterocycles. The van der Waals surface area contributed by atoms with Gasteiger partial charge >= 0.3 is 6.09 Å². The summed E-state index contributed by atoms with van der Waals surface area (Å²) in [5, 5.41) is 3.39. The van der Waals surface area contributed by atoms with Crippen molar-refractivity contribution in [2.24, 2.45) is 0 Å². The molecule has 0 aliphatic carbocycles. The van der Waals surface area contributed by atoms with Crippen LogP contribution in [0.5, 0.6) is 0 Å². The number of halogens is 1. The van der Waals surface area contributed by atoms with Gasteiger partial charge in [0.25, 0.3) is 0 Å². The standard InChI is InChI=1S/C19H29ClN4O3/c1-18(2,3)27-17(26)22-19(4,5)12-16(25)24-10-8-23(9-11-24)15-7-6-14(20)13-21-15/h6-7,13H,8-12H2,1-5H3,(H,22,26). The number of hydrogen-bond donors (Lipinski definition) is 1. The maximum Gasteiger partial charge on any atom is 0.408 e. The van der Waals surface area contributed by atoms with Crippen LogP contribution in [0.25, 0.3) is 0 Å². The van der Waals surface area contributed by atoms with E-state index in [4.69, 9.17) is 16.3 Å². The van der Waals surface area contributed by atoms with E-state index in [1.807, 2.05) is 30.9 Å². The summed E-state index contributed by atoms with van der Waals surface area (Å²) in [5.74, 6) is 0.873. The third-order valence-electron chi connectivity index (χ3n) is 4.10. The quantitative estimate of drug-likeness (QED) is 0.846. The van der Waals surface area contributed by atoms with E-state index in [0.29, 0.717) is 31.2 Å². The van der Waals surface area contributed by atoms with Gasteiger partial charge in [-0.15, -0.1) is 0 Å². The van der Waals surface area contributed by atoms with E-state index in [1.54, 1.807) is 27.0 Å². The average Bonchev–Trinajstić information content (AvgIpc) is 2.52. The van der Waals surface area contributed by atoms with Gasteiger partial charge in [0.15, 0.2) is 0 Å². The second kappa shape index (κ2) is 8.33. The molecule has 8 heteroatoms. The van der Waals surface area contributed by atoms with E-state index >= 15 is 0 Å². The lowest BCUT2D eigenvalue weighted by Crippen LogP contribution is -2.53. The zero-order valence-electron chi connectivity index (χ0n) is 16.7. The third kappa shape index (κ3) is 6.90. The van der Waals surface area contributed by atoms with Crippen LogP contribution in [0.15, 0.2) is 18.3 Å². The Morgan fingerprint density at radius 3 is 2.30 bits per heavy atom. The minimum absolute atomic E-state index is 0.0137. The van der Waals surface area contributed by atoms with Gasteiger partial charge in [-0.3, -0.25) is 4.79 Å². The molecule has 2 rings (SSSR count). The average molecular weight is 397 g/mol. The number of aromatic nitrogens is 1. The van der Waals surface area contributed by atoms with Crippen LogP contribution in [0.4, 0.5) is 10.6 Å². The van der Waals surface area contributed by atoms with E-state index in [1.165, 1.54) is 0 Å². The minimum atomic E-state index is -0.686. The number of amides is 2. The molecule has 2 heterocycles. The number of rotatable bonds is 4. The first kappa shape index (κ1) is 21.3. The van der Waals surface area contributed by atoms with Crippen LogP contribution in [0, 0.1) is 0 Å². The smallest absolute Gasteiger partial charge is 0.408 e. The van der Waals surface area contributed by atoms with Crippen molar-refractivity contribution in [2.45, 2.75) is 52.2 Å². The normalized spacial score (nSPS) is 15.5. The van der Waals surface area contributed by atoms with Crippen molar-refractivity contribution in [2.75, 3.05) is 31.1 Å². The van der Waals surface area contributed by atoms with Gasteiger partial charge in [0.1, 0.15) is 11.4 Å². The summed E-state index contributed by atoms with van der Waals surface area (Å²) in [6, 6.07) is 3.69. The van der Waals surface area contributed by atoms with Crippen molar-refractivity contribution in [1.29, 1.82) is 0 Å². The molecule has 1 aliphatic heterocycles. The highest BCUT2D eigenvalue weighted by molar-refractivity contribution is 6.30. The topological polar surface area (TPSA) is 74.8 Å². The van der Waals surface area contributed by atoms with Crippen LogP contribution in [0.2, 0.25) is 5.02 Å². The molecule has 7 nitrogen and oxygen atoms in total. The lowest BCUT2D eigenvalue weighted by molar-refractivity contribution is -0.132. The number of alkyl carbamates (subject to hydrolysis) is 1. The number of ether oxygens (including phenoxy) is 1. The Hall–Kier alpha value is -2.02. The molecular weight excluding hydrogens is 368 g/mol. The molecule has 1 aliphatic rings. The second-order valence-electron chi connectivity index (χ2n) is 8.39. The number of hydrogen-bond acceptors (Lipinski definition) is 5. The number of pyridine rings is 1. The predicted octanol–water partition coefficient (Wildman–Crippen LogP) is 3.08. The molecule has 0 aromatic carbocycles. The highest BCUT2D eigenvalue weighted by atomic mass is 35.5. The van der Waals surface area contributed by atoms with Crippen molar-refractivity contribution < 1.29 is 14.3 Å². The summed E-state index contributed by atoms with van der Waals surface area (Å²) in [6.45, 7) is 11.7. The lowest BCUT2D eigenvalue weighted by Gasteiger charge is -2.37. The van der Waals surface area contributed by atoms with E-state index < -0.39 is 17.2 Å². The number of carbonyl (C=O) groups is 2. The zero-order valence-corrected chi connectivity index (χ0v) is 17.5. The predicted molar refractivity (Wildman–Crippen MR) is 106 cm³/mol. The van der Waals surface area contributed by atoms with Crippen LogP contribution in [0.1, 0.15) is 41.0 Å². The highest BCUT2D eigenvalue weighted by Gasteiger charge is 2.30. The SMILES string of the molecule is CC(C)(CC(=O)N1CCN(c2ccc(Cl)cn2)CC1)NC(=O)OC(C)(C)C. The van der Waals surface area contributed by atoms with Gasteiger partial charge in [0.05, 0.1) is 5.02 Å². The van der Waals surface area contributed by atoms with Crippen LogP contribution >= 0.6 is 11.6 Å². The summed E-state index contributed by atoms with van der Waals surface area (Å²) in [6.07, 6.45) is 1.32. The van der Waals surface area contributed by atoms with E-state index in [0.717, 1.165) is 5.82 Å². The van der Waals surface area contributed by atoms with Crippen molar-refractivity contribution in [3.8, 4) is 0 Å². The Morgan fingerprint density at radius 2 is 1.78 bits per heavy atom. The van der Waals surface area contributed by atoms with Crippen LogP contribution in [0.3, 0.4) is 0 Å². The molecule has 1 aromatic rings. The Bertz CT molecular complexity index is 663. The van der Waals surface area contributed by atoms with Gasteiger partial charge in [-0.1, -0.05) is 11.6 Å². The van der Waals surface area contributed by atoms with Crippen molar-refractivity contribution >= 4 is 29.4 Å². The number of piperazine rings is 1. The van der Waals surface area contributed by atoms with Gasteiger partial charge in [-0.2, -0.15) is 0 Å². The summed E-state index contributed by atoms with van der Waals surface area (Å²) in [5.41, 5.74) is -1.26. The summed E-state index contributed by atoms with van der Waals surface area (Å²) >= 11 is 5.88. The van der Waals surface area contributed by atoms with Gasteiger partial charge < -0.3 is 19.9 Å². The first-order valence-corrected chi connectivity index (χ1v) is 9.48. The van der Waals surface area contributed by atoms with E-state index in [-0.39, 0.29) is 12.3 Å². The summed E-state index contributed by atoms with van der Waals surface area (Å²) in [4.78, 5) is 32.9. The fourth-order valence-corrected chi connectivity index (χ4v) is 2.97. The molecule has 27 heavy (non-hydrogen) atoms. The van der Waals surface area contributed by atoms with Crippen molar-refractivity contribution in [3.63, 3.8) is 0 Å². The van der Waals surface area contributed by atoms with Crippen molar-refractivity contribution in [1.82, 2.24) is 15.2 Å². The maximum atomic E-state index is 12.7. The summed E-state index contributed by atoms with van der Waals surface area (Å²) in [7, 11) is 0. The molecular formula is C19H29ClN4O3. The maximum absolute atomic E-state index is 12.7. The van der Waals surface area contributed by atoms with Gasteiger partial charge in [-0.05, 0) is 46.8 Å². The molecule has 0 atom stereocenters. The Balaban J connectivity index is 1.84. The molecule has 1 saturated heterocycles. The van der Waals surface area contributed by atoms with Gasteiger partial charge in [0.2, 0.25) is 5.91 Å². The van der Waals surface area contributed by atoms with Gasteiger partial charge in [0, 0.05) is 44.3 Å². The molecule has 0 bridgehead atoms. The van der Waals surface area contributed by atoms with Crippen LogP contribution in [-0.4, -0.2) is 59.2 Å². The largest absolute Gasteiger partial charge is 0.444 e. The zero-order chi connectivity index (χ0) is 20.2. The fourth-order valence-electron chi connectivity index (χ4n) is 2.85. The molecule has 1 N–H and O–H groups in total. The Labute approximate surface area is 166 Å².